The lowest BCUT2D eigenvalue weighted by atomic mass is 10.0. The van der Waals surface area contributed by atoms with E-state index in [-0.39, 0.29) is 5.56 Å². The monoisotopic (exact) mass is 258 g/mol. The largest absolute Gasteiger partial charge is 0.456 e. The fourth-order valence-corrected chi connectivity index (χ4v) is 1.87. The minimum absolute atomic E-state index is 0.207. The van der Waals surface area contributed by atoms with Crippen LogP contribution in [-0.4, -0.2) is 6.29 Å². The topological polar surface area (TPSA) is 26.3 Å². The highest BCUT2D eigenvalue weighted by Gasteiger charge is 2.10. The summed E-state index contributed by atoms with van der Waals surface area (Å²) in [6, 6.07) is 11.5. The Morgan fingerprint density at radius 3 is 2.53 bits per heavy atom. The molecule has 0 unspecified atom stereocenters. The van der Waals surface area contributed by atoms with E-state index in [1.54, 1.807) is 0 Å². The molecule has 2 rings (SSSR count). The van der Waals surface area contributed by atoms with Gasteiger partial charge in [-0.05, 0) is 35.7 Å². The number of carbonyl (C=O) groups excluding carboxylic acids is 1. The van der Waals surface area contributed by atoms with Crippen LogP contribution in [0.25, 0.3) is 0 Å². The molecular weight excluding hydrogens is 243 g/mol. The number of aldehydes is 1. The van der Waals surface area contributed by atoms with E-state index in [2.05, 4.69) is 13.8 Å². The Morgan fingerprint density at radius 2 is 1.84 bits per heavy atom. The fourth-order valence-electron chi connectivity index (χ4n) is 1.87. The Morgan fingerprint density at radius 1 is 1.11 bits per heavy atom. The Hall–Kier alpha value is -2.16. The van der Waals surface area contributed by atoms with Crippen LogP contribution in [0.3, 0.4) is 0 Å². The molecule has 2 aromatic carbocycles. The second-order valence-electron chi connectivity index (χ2n) is 4.59. The molecule has 0 aromatic heterocycles. The van der Waals surface area contributed by atoms with Gasteiger partial charge in [0, 0.05) is 0 Å². The molecule has 2 nitrogen and oxygen atoms in total. The number of para-hydroxylation sites is 1. The Labute approximate surface area is 111 Å². The van der Waals surface area contributed by atoms with Crippen LogP contribution >= 0.6 is 0 Å². The molecule has 0 fully saturated rings. The zero-order chi connectivity index (χ0) is 13.8. The predicted octanol–water partition coefficient (Wildman–Crippen LogP) is 4.55. The highest BCUT2D eigenvalue weighted by Crippen LogP contribution is 2.31. The summed E-state index contributed by atoms with van der Waals surface area (Å²) >= 11 is 0. The van der Waals surface area contributed by atoms with Crippen molar-refractivity contribution in [3.63, 3.8) is 0 Å². The van der Waals surface area contributed by atoms with Gasteiger partial charge in [0.05, 0.1) is 5.56 Å². The summed E-state index contributed by atoms with van der Waals surface area (Å²) in [6.07, 6.45) is 0.594. The summed E-state index contributed by atoms with van der Waals surface area (Å²) in [5.74, 6) is 0.902. The Kier molecular flexibility index (Phi) is 3.95. The fraction of sp³-hybridized carbons (Fsp3) is 0.188. The molecule has 2 aromatic rings. The zero-order valence-electron chi connectivity index (χ0n) is 10.9. The summed E-state index contributed by atoms with van der Waals surface area (Å²) in [5.41, 5.74) is 1.25. The van der Waals surface area contributed by atoms with Gasteiger partial charge in [0.15, 0.2) is 6.29 Å². The van der Waals surface area contributed by atoms with E-state index < -0.39 is 5.82 Å². The first-order valence-corrected chi connectivity index (χ1v) is 6.13. The second-order valence-corrected chi connectivity index (χ2v) is 4.59. The number of hydrogen-bond donors (Lipinski definition) is 0. The number of hydrogen-bond acceptors (Lipinski definition) is 2. The van der Waals surface area contributed by atoms with E-state index in [9.17, 15) is 9.18 Å². The van der Waals surface area contributed by atoms with Gasteiger partial charge in [0.1, 0.15) is 17.3 Å². The van der Waals surface area contributed by atoms with Crippen molar-refractivity contribution in [3.05, 3.63) is 59.4 Å². The van der Waals surface area contributed by atoms with Crippen LogP contribution in [0.15, 0.2) is 42.5 Å². The van der Waals surface area contributed by atoms with Crippen LogP contribution in [0.2, 0.25) is 0 Å². The maximum atomic E-state index is 13.1. The molecule has 0 bridgehead atoms. The van der Waals surface area contributed by atoms with Crippen LogP contribution < -0.4 is 4.74 Å². The molecule has 0 aliphatic carbocycles. The number of benzene rings is 2. The molecule has 98 valence electrons. The predicted molar refractivity (Wildman–Crippen MR) is 72.4 cm³/mol. The third kappa shape index (κ3) is 2.99. The zero-order valence-corrected chi connectivity index (χ0v) is 10.9. The maximum absolute atomic E-state index is 13.1. The highest BCUT2D eigenvalue weighted by molar-refractivity contribution is 5.79. The van der Waals surface area contributed by atoms with Crippen molar-refractivity contribution in [1.29, 1.82) is 0 Å². The lowest BCUT2D eigenvalue weighted by Gasteiger charge is -2.14. The van der Waals surface area contributed by atoms with Crippen molar-refractivity contribution in [2.24, 2.45) is 0 Å². The summed E-state index contributed by atoms with van der Waals surface area (Å²) in [6.45, 7) is 4.13. The molecule has 0 aliphatic heterocycles. The van der Waals surface area contributed by atoms with Gasteiger partial charge < -0.3 is 4.74 Å². The van der Waals surface area contributed by atoms with Crippen molar-refractivity contribution in [2.45, 2.75) is 19.8 Å². The maximum Gasteiger partial charge on any atom is 0.153 e. The van der Waals surface area contributed by atoms with Crippen molar-refractivity contribution in [1.82, 2.24) is 0 Å². The highest BCUT2D eigenvalue weighted by atomic mass is 19.1. The molecule has 0 heterocycles. The number of rotatable bonds is 4. The molecule has 19 heavy (non-hydrogen) atoms. The summed E-state index contributed by atoms with van der Waals surface area (Å²) in [7, 11) is 0. The molecular formula is C16H15FO2. The molecule has 3 heteroatoms. The molecule has 0 spiro atoms. The molecule has 0 radical (unpaired) electrons. The minimum atomic E-state index is -0.452. The standard InChI is InChI=1S/C16H15FO2/c1-11(2)14-5-3-4-6-16(14)19-15-8-7-13(17)9-12(15)10-18/h3-11H,1-2H3. The minimum Gasteiger partial charge on any atom is -0.456 e. The van der Waals surface area contributed by atoms with Crippen LogP contribution in [0.5, 0.6) is 11.5 Å². The molecule has 0 aliphatic rings. The van der Waals surface area contributed by atoms with E-state index in [0.29, 0.717) is 23.7 Å². The van der Waals surface area contributed by atoms with Gasteiger partial charge in [-0.15, -0.1) is 0 Å². The van der Waals surface area contributed by atoms with E-state index in [0.717, 1.165) is 5.56 Å². The molecule has 0 saturated heterocycles. The van der Waals surface area contributed by atoms with Gasteiger partial charge in [-0.3, -0.25) is 4.79 Å². The lowest BCUT2D eigenvalue weighted by molar-refractivity contribution is 0.112. The molecule has 0 atom stereocenters. The second kappa shape index (κ2) is 5.65. The first-order valence-electron chi connectivity index (χ1n) is 6.13. The van der Waals surface area contributed by atoms with Gasteiger partial charge in [-0.25, -0.2) is 4.39 Å². The van der Waals surface area contributed by atoms with E-state index >= 15 is 0 Å². The number of halogens is 1. The lowest BCUT2D eigenvalue weighted by Crippen LogP contribution is -1.96. The third-order valence-corrected chi connectivity index (χ3v) is 2.86. The van der Waals surface area contributed by atoms with Gasteiger partial charge in [0.2, 0.25) is 0 Å². The van der Waals surface area contributed by atoms with E-state index in [4.69, 9.17) is 4.74 Å². The van der Waals surface area contributed by atoms with Crippen molar-refractivity contribution in [2.75, 3.05) is 0 Å². The normalized spacial score (nSPS) is 10.5. The van der Waals surface area contributed by atoms with E-state index in [1.807, 2.05) is 24.3 Å². The summed E-state index contributed by atoms with van der Waals surface area (Å²) in [4.78, 5) is 10.9. The van der Waals surface area contributed by atoms with Crippen molar-refractivity contribution in [3.8, 4) is 11.5 Å². The molecule has 0 saturated carbocycles. The average molecular weight is 258 g/mol. The quantitative estimate of drug-likeness (QED) is 0.752. The van der Waals surface area contributed by atoms with Crippen LogP contribution in [0.1, 0.15) is 35.7 Å². The molecule has 0 amide bonds. The first kappa shape index (κ1) is 13.3. The van der Waals surface area contributed by atoms with Crippen molar-refractivity contribution >= 4 is 6.29 Å². The Bertz CT molecular complexity index is 591. The van der Waals surface area contributed by atoms with Gasteiger partial charge >= 0.3 is 0 Å². The Balaban J connectivity index is 2.39. The number of ether oxygens (including phenoxy) is 1. The van der Waals surface area contributed by atoms with Crippen LogP contribution in [0.4, 0.5) is 4.39 Å². The van der Waals surface area contributed by atoms with Gasteiger partial charge in [0.25, 0.3) is 0 Å². The third-order valence-electron chi connectivity index (χ3n) is 2.86. The first-order chi connectivity index (χ1) is 9.11. The average Bonchev–Trinajstić information content (AvgIpc) is 2.41. The SMILES string of the molecule is CC(C)c1ccccc1Oc1ccc(F)cc1C=O. The number of carbonyl (C=O) groups is 1. The summed E-state index contributed by atoms with van der Waals surface area (Å²) < 4.78 is 18.8. The van der Waals surface area contributed by atoms with E-state index in [1.165, 1.54) is 18.2 Å². The van der Waals surface area contributed by atoms with Crippen LogP contribution in [-0.2, 0) is 0 Å². The van der Waals surface area contributed by atoms with Gasteiger partial charge in [-0.2, -0.15) is 0 Å². The smallest absolute Gasteiger partial charge is 0.153 e. The summed E-state index contributed by atoms with van der Waals surface area (Å²) in [5, 5.41) is 0. The van der Waals surface area contributed by atoms with Gasteiger partial charge in [-0.1, -0.05) is 32.0 Å². The van der Waals surface area contributed by atoms with Crippen molar-refractivity contribution < 1.29 is 13.9 Å². The molecule has 0 N–H and O–H groups in total. The van der Waals surface area contributed by atoms with Crippen LogP contribution in [0, 0.1) is 5.82 Å².